The molecule has 20 heavy (non-hydrogen) atoms. The first-order chi connectivity index (χ1) is 9.88. The fourth-order valence-electron chi connectivity index (χ4n) is 2.14. The molecule has 0 spiro atoms. The van der Waals surface area contributed by atoms with Crippen molar-refractivity contribution in [1.82, 2.24) is 20.0 Å². The zero-order valence-corrected chi connectivity index (χ0v) is 10.8. The lowest BCUT2D eigenvalue weighted by Crippen LogP contribution is -2.04. The molecular weight excluding hydrogens is 252 g/mol. The maximum Gasteiger partial charge on any atom is 0.116 e. The summed E-state index contributed by atoms with van der Waals surface area (Å²) in [6.07, 6.45) is 3.47. The zero-order valence-electron chi connectivity index (χ0n) is 10.8. The van der Waals surface area contributed by atoms with Crippen LogP contribution in [0.2, 0.25) is 0 Å². The molecule has 3 aromatic rings. The van der Waals surface area contributed by atoms with E-state index >= 15 is 0 Å². The van der Waals surface area contributed by atoms with Crippen molar-refractivity contribution in [3.05, 3.63) is 66.1 Å². The first-order valence-electron chi connectivity index (χ1n) is 6.36. The van der Waals surface area contributed by atoms with Crippen molar-refractivity contribution in [3.63, 3.8) is 0 Å². The van der Waals surface area contributed by atoms with Gasteiger partial charge < -0.3 is 5.11 Å². The average Bonchev–Trinajstić information content (AvgIpc) is 2.92. The van der Waals surface area contributed by atoms with Crippen LogP contribution in [0.1, 0.15) is 11.3 Å². The van der Waals surface area contributed by atoms with E-state index in [-0.39, 0.29) is 6.61 Å². The molecule has 0 saturated heterocycles. The number of hydrogen-bond acceptors (Lipinski definition) is 4. The highest BCUT2D eigenvalue weighted by atomic mass is 16.3. The molecular formula is C15H14N4O. The highest BCUT2D eigenvalue weighted by Gasteiger charge is 2.14. The number of hydrogen-bond donors (Lipinski definition) is 1. The minimum Gasteiger partial charge on any atom is -0.390 e. The van der Waals surface area contributed by atoms with Gasteiger partial charge >= 0.3 is 0 Å². The number of aliphatic hydroxyl groups excluding tert-OH is 1. The van der Waals surface area contributed by atoms with Gasteiger partial charge in [-0.3, -0.25) is 4.98 Å². The van der Waals surface area contributed by atoms with Gasteiger partial charge in [0.25, 0.3) is 0 Å². The van der Waals surface area contributed by atoms with Gasteiger partial charge in [0.05, 0.1) is 18.8 Å². The summed E-state index contributed by atoms with van der Waals surface area (Å²) in [5.74, 6) is 0. The van der Waals surface area contributed by atoms with E-state index in [0.717, 1.165) is 16.8 Å². The first-order valence-corrected chi connectivity index (χ1v) is 6.36. The van der Waals surface area contributed by atoms with Crippen LogP contribution in [0.3, 0.4) is 0 Å². The predicted octanol–water partition coefficient (Wildman–Crippen LogP) is 1.88. The van der Waals surface area contributed by atoms with Gasteiger partial charge in [0.15, 0.2) is 0 Å². The number of pyridine rings is 1. The maximum atomic E-state index is 9.42. The molecule has 5 nitrogen and oxygen atoms in total. The molecule has 5 heteroatoms. The van der Waals surface area contributed by atoms with E-state index in [1.165, 1.54) is 0 Å². The van der Waals surface area contributed by atoms with Crippen LogP contribution in [-0.2, 0) is 13.2 Å². The third-order valence-corrected chi connectivity index (χ3v) is 3.06. The lowest BCUT2D eigenvalue weighted by atomic mass is 10.1. The van der Waals surface area contributed by atoms with Crippen LogP contribution in [0.5, 0.6) is 0 Å². The summed E-state index contributed by atoms with van der Waals surface area (Å²) in [5, 5.41) is 17.6. The molecule has 2 aromatic heterocycles. The molecule has 0 fully saturated rings. The van der Waals surface area contributed by atoms with E-state index < -0.39 is 0 Å². The number of benzene rings is 1. The lowest BCUT2D eigenvalue weighted by molar-refractivity contribution is 0.277. The van der Waals surface area contributed by atoms with E-state index in [1.54, 1.807) is 17.1 Å². The molecule has 0 atom stereocenters. The first kappa shape index (κ1) is 12.5. The third-order valence-electron chi connectivity index (χ3n) is 3.06. The van der Waals surface area contributed by atoms with E-state index in [4.69, 9.17) is 0 Å². The molecule has 0 amide bonds. The number of aromatic nitrogens is 4. The van der Waals surface area contributed by atoms with Gasteiger partial charge in [-0.2, -0.15) is 0 Å². The van der Waals surface area contributed by atoms with Crippen molar-refractivity contribution in [2.24, 2.45) is 0 Å². The van der Waals surface area contributed by atoms with Crippen molar-refractivity contribution < 1.29 is 5.11 Å². The third kappa shape index (κ3) is 2.44. The molecule has 1 aromatic carbocycles. The van der Waals surface area contributed by atoms with Gasteiger partial charge in [-0.05, 0) is 17.7 Å². The number of rotatable bonds is 4. The molecule has 0 aliphatic carbocycles. The molecule has 0 aliphatic heterocycles. The molecule has 2 heterocycles. The summed E-state index contributed by atoms with van der Waals surface area (Å²) < 4.78 is 1.79. The zero-order chi connectivity index (χ0) is 13.8. The Bertz CT molecular complexity index is 680. The SMILES string of the molecule is OCc1nnn(Cc2ccccc2)c1-c1cccnc1. The summed E-state index contributed by atoms with van der Waals surface area (Å²) in [5.41, 5.74) is 3.41. The van der Waals surface area contributed by atoms with Gasteiger partial charge in [-0.1, -0.05) is 35.5 Å². The Morgan fingerprint density at radius 3 is 2.60 bits per heavy atom. The monoisotopic (exact) mass is 266 g/mol. The second-order valence-electron chi connectivity index (χ2n) is 4.43. The highest BCUT2D eigenvalue weighted by Crippen LogP contribution is 2.22. The van der Waals surface area contributed by atoms with E-state index in [2.05, 4.69) is 15.3 Å². The maximum absolute atomic E-state index is 9.42. The van der Waals surface area contributed by atoms with E-state index in [0.29, 0.717) is 12.2 Å². The van der Waals surface area contributed by atoms with Crippen LogP contribution in [-0.4, -0.2) is 25.1 Å². The van der Waals surface area contributed by atoms with Gasteiger partial charge in [0.1, 0.15) is 5.69 Å². The summed E-state index contributed by atoms with van der Waals surface area (Å²) >= 11 is 0. The Labute approximate surface area is 116 Å². The second kappa shape index (κ2) is 5.63. The molecule has 0 unspecified atom stereocenters. The van der Waals surface area contributed by atoms with Crippen LogP contribution in [0.4, 0.5) is 0 Å². The summed E-state index contributed by atoms with van der Waals surface area (Å²) in [6.45, 7) is 0.469. The average molecular weight is 266 g/mol. The van der Waals surface area contributed by atoms with Crippen LogP contribution in [0, 0.1) is 0 Å². The quantitative estimate of drug-likeness (QED) is 0.783. The van der Waals surface area contributed by atoms with Crippen LogP contribution in [0.15, 0.2) is 54.9 Å². The second-order valence-corrected chi connectivity index (χ2v) is 4.43. The van der Waals surface area contributed by atoms with Crippen LogP contribution >= 0.6 is 0 Å². The molecule has 3 rings (SSSR count). The Hall–Kier alpha value is -2.53. The predicted molar refractivity (Wildman–Crippen MR) is 74.7 cm³/mol. The fourth-order valence-corrected chi connectivity index (χ4v) is 2.14. The Morgan fingerprint density at radius 2 is 1.90 bits per heavy atom. The molecule has 0 bridgehead atoms. The van der Waals surface area contributed by atoms with Gasteiger partial charge in [-0.15, -0.1) is 5.10 Å². The highest BCUT2D eigenvalue weighted by molar-refractivity contribution is 5.60. The lowest BCUT2D eigenvalue weighted by Gasteiger charge is -2.07. The van der Waals surface area contributed by atoms with E-state index in [1.807, 2.05) is 42.5 Å². The fraction of sp³-hybridized carbons (Fsp3) is 0.133. The number of nitrogens with zero attached hydrogens (tertiary/aromatic N) is 4. The van der Waals surface area contributed by atoms with Gasteiger partial charge in [0.2, 0.25) is 0 Å². The number of aliphatic hydroxyl groups is 1. The van der Waals surface area contributed by atoms with Crippen molar-refractivity contribution in [2.45, 2.75) is 13.2 Å². The molecule has 0 aliphatic rings. The Kier molecular flexibility index (Phi) is 3.52. The Morgan fingerprint density at radius 1 is 1.05 bits per heavy atom. The molecule has 0 saturated carbocycles. The minimum atomic E-state index is -0.140. The minimum absolute atomic E-state index is 0.140. The summed E-state index contributed by atoms with van der Waals surface area (Å²) in [6, 6.07) is 13.8. The van der Waals surface area contributed by atoms with Gasteiger partial charge in [-0.25, -0.2) is 4.68 Å². The largest absolute Gasteiger partial charge is 0.390 e. The summed E-state index contributed by atoms with van der Waals surface area (Å²) in [7, 11) is 0. The van der Waals surface area contributed by atoms with Crippen LogP contribution < -0.4 is 0 Å². The van der Waals surface area contributed by atoms with Crippen molar-refractivity contribution in [2.75, 3.05) is 0 Å². The Balaban J connectivity index is 2.02. The summed E-state index contributed by atoms with van der Waals surface area (Å²) in [4.78, 5) is 4.11. The van der Waals surface area contributed by atoms with Crippen molar-refractivity contribution in [3.8, 4) is 11.3 Å². The van der Waals surface area contributed by atoms with Gasteiger partial charge in [0, 0.05) is 18.0 Å². The standard InChI is InChI=1S/C15H14N4O/c20-11-14-15(13-7-4-8-16-9-13)19(18-17-14)10-12-5-2-1-3-6-12/h1-9,20H,10-11H2. The molecule has 1 N–H and O–H groups in total. The smallest absolute Gasteiger partial charge is 0.116 e. The topological polar surface area (TPSA) is 63.8 Å². The van der Waals surface area contributed by atoms with E-state index in [9.17, 15) is 5.11 Å². The molecule has 0 radical (unpaired) electrons. The van der Waals surface area contributed by atoms with Crippen molar-refractivity contribution in [1.29, 1.82) is 0 Å². The van der Waals surface area contributed by atoms with Crippen LogP contribution in [0.25, 0.3) is 11.3 Å². The normalized spacial score (nSPS) is 10.7. The molecule has 100 valence electrons. The van der Waals surface area contributed by atoms with Crippen molar-refractivity contribution >= 4 is 0 Å².